The molecule has 1 fully saturated rings. The van der Waals surface area contributed by atoms with E-state index in [1.54, 1.807) is 0 Å². The maximum absolute atomic E-state index is 3.44. The van der Waals surface area contributed by atoms with Gasteiger partial charge in [0.2, 0.25) is 0 Å². The van der Waals surface area contributed by atoms with E-state index in [0.717, 1.165) is 17.8 Å². The van der Waals surface area contributed by atoms with Gasteiger partial charge in [-0.3, -0.25) is 0 Å². The van der Waals surface area contributed by atoms with Gasteiger partial charge in [-0.1, -0.05) is 19.1 Å². The summed E-state index contributed by atoms with van der Waals surface area (Å²) in [6.07, 6.45) is 7.69. The van der Waals surface area contributed by atoms with Crippen LogP contribution in [0.5, 0.6) is 0 Å². The average Bonchev–Trinajstić information content (AvgIpc) is 2.59. The number of fused-ring (bicyclic) bond motifs is 2. The van der Waals surface area contributed by atoms with Crippen molar-refractivity contribution in [3.05, 3.63) is 22.3 Å². The average molecular weight is 187 g/mol. The lowest BCUT2D eigenvalue weighted by atomic mass is 9.91. The fraction of sp³-hybridized carbons (Fsp3) is 0.538. The standard InChI is InChI=1S/C13H17N/c1-8-3-10-6-12-5-9(2)14-13(12)7-11(10)4-8/h5-8,10-11,14H,3-4H2,1-2H3. The molecule has 1 aromatic heterocycles. The Bertz CT molecular complexity index is 424. The summed E-state index contributed by atoms with van der Waals surface area (Å²) in [5, 5.41) is 2.79. The Balaban J connectivity index is 2.14. The zero-order valence-corrected chi connectivity index (χ0v) is 8.88. The third-order valence-electron chi connectivity index (χ3n) is 3.69. The smallest absolute Gasteiger partial charge is 0.0415 e. The van der Waals surface area contributed by atoms with Crippen LogP contribution < -0.4 is 10.6 Å². The highest BCUT2D eigenvalue weighted by Gasteiger charge is 2.30. The van der Waals surface area contributed by atoms with Gasteiger partial charge in [-0.15, -0.1) is 0 Å². The summed E-state index contributed by atoms with van der Waals surface area (Å²) in [6, 6.07) is 2.27. The number of rotatable bonds is 0. The fourth-order valence-corrected chi connectivity index (χ4v) is 3.11. The molecule has 14 heavy (non-hydrogen) atoms. The molecule has 74 valence electrons. The van der Waals surface area contributed by atoms with E-state index in [1.165, 1.54) is 29.1 Å². The zero-order chi connectivity index (χ0) is 9.71. The molecule has 1 aromatic rings. The fourth-order valence-electron chi connectivity index (χ4n) is 3.11. The monoisotopic (exact) mass is 187 g/mol. The van der Waals surface area contributed by atoms with Crippen LogP contribution in [0.1, 0.15) is 25.5 Å². The third kappa shape index (κ3) is 1.15. The molecular weight excluding hydrogens is 170 g/mol. The highest BCUT2D eigenvalue weighted by Crippen LogP contribution is 2.38. The maximum Gasteiger partial charge on any atom is 0.0415 e. The Morgan fingerprint density at radius 2 is 1.93 bits per heavy atom. The number of aromatic amines is 1. The molecule has 3 unspecified atom stereocenters. The first kappa shape index (κ1) is 8.34. The van der Waals surface area contributed by atoms with Crippen molar-refractivity contribution in [2.24, 2.45) is 17.8 Å². The van der Waals surface area contributed by atoms with Crippen molar-refractivity contribution < 1.29 is 0 Å². The molecule has 0 amide bonds. The number of hydrogen-bond acceptors (Lipinski definition) is 0. The minimum atomic E-state index is 0.801. The third-order valence-corrected chi connectivity index (χ3v) is 3.69. The lowest BCUT2D eigenvalue weighted by Gasteiger charge is -2.13. The van der Waals surface area contributed by atoms with E-state index in [1.807, 2.05) is 0 Å². The molecule has 3 atom stereocenters. The van der Waals surface area contributed by atoms with E-state index in [9.17, 15) is 0 Å². The van der Waals surface area contributed by atoms with Crippen LogP contribution in [0, 0.1) is 24.7 Å². The van der Waals surface area contributed by atoms with Gasteiger partial charge in [0, 0.05) is 11.0 Å². The number of aryl methyl sites for hydroxylation is 1. The first-order chi connectivity index (χ1) is 6.72. The van der Waals surface area contributed by atoms with Crippen molar-refractivity contribution >= 4 is 12.2 Å². The molecule has 0 bridgehead atoms. The van der Waals surface area contributed by atoms with Crippen molar-refractivity contribution in [2.45, 2.75) is 26.7 Å². The van der Waals surface area contributed by atoms with E-state index in [4.69, 9.17) is 0 Å². The largest absolute Gasteiger partial charge is 0.359 e. The van der Waals surface area contributed by atoms with Crippen molar-refractivity contribution in [2.75, 3.05) is 0 Å². The topological polar surface area (TPSA) is 15.8 Å². The molecule has 0 aromatic carbocycles. The van der Waals surface area contributed by atoms with Crippen molar-refractivity contribution in [3.63, 3.8) is 0 Å². The molecule has 1 heterocycles. The molecule has 0 radical (unpaired) electrons. The molecule has 1 heteroatoms. The summed E-state index contributed by atoms with van der Waals surface area (Å²) in [5.74, 6) is 2.52. The molecule has 1 saturated carbocycles. The SMILES string of the molecule is Cc1cc2c([nH]1)=CC1CC(C)CC1C=2. The second-order valence-electron chi connectivity index (χ2n) is 5.06. The van der Waals surface area contributed by atoms with Gasteiger partial charge in [0.05, 0.1) is 0 Å². The van der Waals surface area contributed by atoms with Crippen LogP contribution in [0.4, 0.5) is 0 Å². The molecule has 0 saturated heterocycles. The van der Waals surface area contributed by atoms with Gasteiger partial charge in [-0.2, -0.15) is 0 Å². The molecule has 1 N–H and O–H groups in total. The molecule has 0 aliphatic heterocycles. The predicted molar refractivity (Wildman–Crippen MR) is 59.1 cm³/mol. The number of nitrogens with one attached hydrogen (secondary N) is 1. The van der Waals surface area contributed by atoms with E-state index < -0.39 is 0 Å². The van der Waals surface area contributed by atoms with Crippen molar-refractivity contribution in [1.29, 1.82) is 0 Å². The summed E-state index contributed by atoms with van der Waals surface area (Å²) in [5.41, 5.74) is 1.29. The Morgan fingerprint density at radius 1 is 1.21 bits per heavy atom. The predicted octanol–water partition coefficient (Wildman–Crippen LogP) is 1.56. The Morgan fingerprint density at radius 3 is 2.71 bits per heavy atom. The Hall–Kier alpha value is -0.980. The van der Waals surface area contributed by atoms with Gasteiger partial charge in [0.1, 0.15) is 0 Å². The van der Waals surface area contributed by atoms with Gasteiger partial charge >= 0.3 is 0 Å². The van der Waals surface area contributed by atoms with E-state index in [2.05, 4.69) is 37.0 Å². The lowest BCUT2D eigenvalue weighted by molar-refractivity contribution is 0.594. The molecular formula is C13H17N. The van der Waals surface area contributed by atoms with Crippen LogP contribution in [0.2, 0.25) is 0 Å². The van der Waals surface area contributed by atoms with E-state index in [0.29, 0.717) is 0 Å². The normalized spacial score (nSPS) is 34.3. The molecule has 0 spiro atoms. The first-order valence-electron chi connectivity index (χ1n) is 5.62. The van der Waals surface area contributed by atoms with E-state index in [-0.39, 0.29) is 0 Å². The maximum atomic E-state index is 3.44. The summed E-state index contributed by atoms with van der Waals surface area (Å²) in [6.45, 7) is 4.51. The summed E-state index contributed by atoms with van der Waals surface area (Å²) < 4.78 is 0. The van der Waals surface area contributed by atoms with Gasteiger partial charge in [-0.05, 0) is 48.8 Å². The molecule has 2 aliphatic carbocycles. The quantitative estimate of drug-likeness (QED) is 0.634. The minimum Gasteiger partial charge on any atom is -0.359 e. The second kappa shape index (κ2) is 2.75. The van der Waals surface area contributed by atoms with Crippen LogP contribution in [-0.2, 0) is 0 Å². The Labute approximate surface area is 84.5 Å². The van der Waals surface area contributed by atoms with Crippen molar-refractivity contribution in [3.8, 4) is 0 Å². The zero-order valence-electron chi connectivity index (χ0n) is 8.88. The molecule has 3 rings (SSSR count). The van der Waals surface area contributed by atoms with Gasteiger partial charge in [0.15, 0.2) is 0 Å². The van der Waals surface area contributed by atoms with Gasteiger partial charge in [-0.25, -0.2) is 0 Å². The first-order valence-corrected chi connectivity index (χ1v) is 5.62. The highest BCUT2D eigenvalue weighted by atomic mass is 14.7. The van der Waals surface area contributed by atoms with Crippen LogP contribution in [0.3, 0.4) is 0 Å². The number of hydrogen-bond donors (Lipinski definition) is 1. The summed E-state index contributed by atoms with van der Waals surface area (Å²) >= 11 is 0. The number of aromatic nitrogens is 1. The van der Waals surface area contributed by atoms with Crippen LogP contribution in [0.25, 0.3) is 12.2 Å². The summed E-state index contributed by atoms with van der Waals surface area (Å²) in [7, 11) is 0. The lowest BCUT2D eigenvalue weighted by Crippen LogP contribution is -2.29. The van der Waals surface area contributed by atoms with E-state index >= 15 is 0 Å². The van der Waals surface area contributed by atoms with Crippen LogP contribution in [-0.4, -0.2) is 4.98 Å². The van der Waals surface area contributed by atoms with Crippen molar-refractivity contribution in [1.82, 2.24) is 4.98 Å². The minimum absolute atomic E-state index is 0.801. The van der Waals surface area contributed by atoms with Gasteiger partial charge in [0.25, 0.3) is 0 Å². The number of H-pyrrole nitrogens is 1. The van der Waals surface area contributed by atoms with Crippen LogP contribution >= 0.6 is 0 Å². The Kier molecular flexibility index (Phi) is 1.64. The van der Waals surface area contributed by atoms with Crippen LogP contribution in [0.15, 0.2) is 6.07 Å². The second-order valence-corrected chi connectivity index (χ2v) is 5.06. The van der Waals surface area contributed by atoms with Gasteiger partial charge < -0.3 is 4.98 Å². The molecule has 2 aliphatic rings. The highest BCUT2D eigenvalue weighted by molar-refractivity contribution is 5.43. The summed E-state index contributed by atoms with van der Waals surface area (Å²) in [4.78, 5) is 3.44. The molecule has 1 nitrogen and oxygen atoms in total.